The molecule has 0 N–H and O–H groups in total. The highest BCUT2D eigenvalue weighted by Gasteiger charge is 2.26. The monoisotopic (exact) mass is 391 g/mol. The molecule has 1 aliphatic heterocycles. The Balaban J connectivity index is 1.92. The van der Waals surface area contributed by atoms with Crippen LogP contribution in [0.3, 0.4) is 0 Å². The van der Waals surface area contributed by atoms with Crippen LogP contribution >= 0.6 is 0 Å². The van der Waals surface area contributed by atoms with Crippen molar-refractivity contribution in [3.8, 4) is 0 Å². The van der Waals surface area contributed by atoms with E-state index in [1.54, 1.807) is 17.0 Å². The van der Waals surface area contributed by atoms with E-state index in [0.29, 0.717) is 37.8 Å². The largest absolute Gasteiger partial charge is 0.463 e. The first-order chi connectivity index (χ1) is 14.2. The third-order valence-corrected chi connectivity index (χ3v) is 4.96. The molecular weight excluding hydrogens is 366 g/mol. The van der Waals surface area contributed by atoms with Gasteiger partial charge < -0.3 is 9.64 Å². The Morgan fingerprint density at radius 1 is 0.931 bits per heavy atom. The molecule has 2 aromatic carbocycles. The molecule has 5 nitrogen and oxygen atoms in total. The zero-order chi connectivity index (χ0) is 20.5. The van der Waals surface area contributed by atoms with Crippen LogP contribution < -0.4 is 0 Å². The van der Waals surface area contributed by atoms with Gasteiger partial charge in [0.25, 0.3) is 0 Å². The molecule has 1 heterocycles. The molecule has 0 saturated carbocycles. The molecule has 1 atom stereocenters. The molecule has 0 spiro atoms. The van der Waals surface area contributed by atoms with Crippen molar-refractivity contribution >= 4 is 18.2 Å². The molecule has 2 aromatic rings. The summed E-state index contributed by atoms with van der Waals surface area (Å²) in [4.78, 5) is 37.9. The van der Waals surface area contributed by atoms with Gasteiger partial charge in [-0.1, -0.05) is 66.7 Å². The molecule has 0 aliphatic carbocycles. The summed E-state index contributed by atoms with van der Waals surface area (Å²) >= 11 is 0. The van der Waals surface area contributed by atoms with Crippen LogP contribution in [0.5, 0.6) is 0 Å². The van der Waals surface area contributed by atoms with E-state index in [2.05, 4.69) is 0 Å². The van der Waals surface area contributed by atoms with Crippen LogP contribution in [0.15, 0.2) is 66.7 Å². The average molecular weight is 391 g/mol. The van der Waals surface area contributed by atoms with E-state index in [9.17, 15) is 14.4 Å². The molecule has 29 heavy (non-hydrogen) atoms. The van der Waals surface area contributed by atoms with Crippen molar-refractivity contribution in [1.82, 2.24) is 4.90 Å². The van der Waals surface area contributed by atoms with Gasteiger partial charge >= 0.3 is 5.97 Å². The standard InChI is InChI=1S/C24H25NO4/c26-17-20-14-12-19(13-15-20)16-25-22(21-8-4-3-5-9-21)18-29-24(28)11-7-2-1-6-10-23(25)27/h1-5,8-9,12-15,17,22H,6-7,10-11,16,18H2/b2-1+/t22-/m1/s1. The lowest BCUT2D eigenvalue weighted by atomic mass is 10.0. The molecule has 0 unspecified atom stereocenters. The SMILES string of the molecule is O=Cc1ccc(CN2C(=O)CC/C=C/CCC(=O)OC[C@@H]2c2ccccc2)cc1. The number of carbonyl (C=O) groups is 3. The maximum absolute atomic E-state index is 13.1. The Labute approximate surface area is 171 Å². The van der Waals surface area contributed by atoms with Crippen LogP contribution in [-0.4, -0.2) is 29.7 Å². The van der Waals surface area contributed by atoms with Crippen LogP contribution in [0.4, 0.5) is 0 Å². The van der Waals surface area contributed by atoms with E-state index in [-0.39, 0.29) is 24.5 Å². The number of rotatable bonds is 4. The van der Waals surface area contributed by atoms with Gasteiger partial charge in [0, 0.05) is 24.9 Å². The van der Waals surface area contributed by atoms with Crippen molar-refractivity contribution in [3.05, 3.63) is 83.4 Å². The van der Waals surface area contributed by atoms with Gasteiger partial charge in [-0.3, -0.25) is 14.4 Å². The van der Waals surface area contributed by atoms with Crippen LogP contribution in [0.2, 0.25) is 0 Å². The third-order valence-electron chi connectivity index (χ3n) is 4.96. The number of ether oxygens (including phenoxy) is 1. The summed E-state index contributed by atoms with van der Waals surface area (Å²) in [6, 6.07) is 16.4. The highest BCUT2D eigenvalue weighted by molar-refractivity contribution is 5.77. The van der Waals surface area contributed by atoms with E-state index in [0.717, 1.165) is 17.4 Å². The fourth-order valence-electron chi connectivity index (χ4n) is 3.34. The predicted octanol–water partition coefficient (Wildman–Crippen LogP) is 4.24. The maximum Gasteiger partial charge on any atom is 0.306 e. The number of allylic oxidation sites excluding steroid dienone is 2. The number of nitrogens with zero attached hydrogens (tertiary/aromatic N) is 1. The Morgan fingerprint density at radius 2 is 1.62 bits per heavy atom. The second-order valence-corrected chi connectivity index (χ2v) is 7.04. The van der Waals surface area contributed by atoms with Crippen molar-refractivity contribution in [3.63, 3.8) is 0 Å². The van der Waals surface area contributed by atoms with Crippen molar-refractivity contribution < 1.29 is 19.1 Å². The molecule has 1 amide bonds. The zero-order valence-electron chi connectivity index (χ0n) is 16.3. The first-order valence-electron chi connectivity index (χ1n) is 9.86. The summed E-state index contributed by atoms with van der Waals surface area (Å²) in [5, 5.41) is 0. The molecule has 5 heteroatoms. The summed E-state index contributed by atoms with van der Waals surface area (Å²) in [6.45, 7) is 0.490. The second kappa shape index (κ2) is 10.4. The minimum atomic E-state index is -0.373. The maximum atomic E-state index is 13.1. The Kier molecular flexibility index (Phi) is 7.34. The molecule has 0 aromatic heterocycles. The van der Waals surface area contributed by atoms with Crippen molar-refractivity contribution in [2.24, 2.45) is 0 Å². The Morgan fingerprint density at radius 3 is 2.31 bits per heavy atom. The molecule has 0 radical (unpaired) electrons. The lowest BCUT2D eigenvalue weighted by Gasteiger charge is -2.32. The van der Waals surface area contributed by atoms with Gasteiger partial charge in [-0.2, -0.15) is 0 Å². The van der Waals surface area contributed by atoms with Gasteiger partial charge in [-0.05, 0) is 24.0 Å². The molecular formula is C24H25NO4. The Bertz CT molecular complexity index is 858. The lowest BCUT2D eigenvalue weighted by molar-refractivity contribution is -0.149. The summed E-state index contributed by atoms with van der Waals surface area (Å²) in [5.74, 6) is -0.265. The van der Waals surface area contributed by atoms with Gasteiger partial charge in [0.1, 0.15) is 12.9 Å². The van der Waals surface area contributed by atoms with Gasteiger partial charge in [-0.25, -0.2) is 0 Å². The van der Waals surface area contributed by atoms with E-state index < -0.39 is 0 Å². The molecule has 0 bridgehead atoms. The summed E-state index contributed by atoms with van der Waals surface area (Å²) in [5.41, 5.74) is 2.43. The number of cyclic esters (lactones) is 1. The molecule has 1 aliphatic rings. The molecule has 3 rings (SSSR count). The predicted molar refractivity (Wildman–Crippen MR) is 110 cm³/mol. The highest BCUT2D eigenvalue weighted by Crippen LogP contribution is 2.25. The average Bonchev–Trinajstić information content (AvgIpc) is 2.75. The van der Waals surface area contributed by atoms with Crippen molar-refractivity contribution in [2.75, 3.05) is 6.61 Å². The number of aldehydes is 1. The van der Waals surface area contributed by atoms with E-state index in [1.165, 1.54) is 0 Å². The second-order valence-electron chi connectivity index (χ2n) is 7.04. The normalized spacial score (nSPS) is 19.6. The number of benzene rings is 2. The number of amides is 1. The topological polar surface area (TPSA) is 63.7 Å². The molecule has 0 saturated heterocycles. The number of carbonyl (C=O) groups excluding carboxylic acids is 3. The fraction of sp³-hybridized carbons (Fsp3) is 0.292. The van der Waals surface area contributed by atoms with Gasteiger partial charge in [0.15, 0.2) is 0 Å². The van der Waals surface area contributed by atoms with Crippen molar-refractivity contribution in [2.45, 2.75) is 38.3 Å². The lowest BCUT2D eigenvalue weighted by Crippen LogP contribution is -2.37. The van der Waals surface area contributed by atoms with Gasteiger partial charge in [0.05, 0.1) is 6.04 Å². The summed E-state index contributed by atoms with van der Waals surface area (Å²) in [6.07, 6.45) is 6.64. The Hall–Kier alpha value is -3.21. The van der Waals surface area contributed by atoms with Crippen LogP contribution in [0, 0.1) is 0 Å². The highest BCUT2D eigenvalue weighted by atomic mass is 16.5. The first kappa shape index (κ1) is 20.5. The number of hydrogen-bond donors (Lipinski definition) is 0. The number of hydrogen-bond acceptors (Lipinski definition) is 4. The van der Waals surface area contributed by atoms with Crippen LogP contribution in [0.25, 0.3) is 0 Å². The first-order valence-corrected chi connectivity index (χ1v) is 9.86. The van der Waals surface area contributed by atoms with Crippen LogP contribution in [-0.2, 0) is 20.9 Å². The summed E-state index contributed by atoms with van der Waals surface area (Å²) in [7, 11) is 0. The van der Waals surface area contributed by atoms with Crippen molar-refractivity contribution in [1.29, 1.82) is 0 Å². The summed E-state index contributed by atoms with van der Waals surface area (Å²) < 4.78 is 5.52. The quantitative estimate of drug-likeness (QED) is 0.444. The van der Waals surface area contributed by atoms with E-state index >= 15 is 0 Å². The molecule has 0 fully saturated rings. The van der Waals surface area contributed by atoms with Gasteiger partial charge in [0.2, 0.25) is 5.91 Å². The third kappa shape index (κ3) is 5.88. The smallest absolute Gasteiger partial charge is 0.306 e. The zero-order valence-corrected chi connectivity index (χ0v) is 16.3. The van der Waals surface area contributed by atoms with Gasteiger partial charge in [-0.15, -0.1) is 0 Å². The fourth-order valence-corrected chi connectivity index (χ4v) is 3.34. The van der Waals surface area contributed by atoms with E-state index in [1.807, 2.05) is 54.6 Å². The number of esters is 1. The minimum absolute atomic E-state index is 0.000380. The minimum Gasteiger partial charge on any atom is -0.463 e. The van der Waals surface area contributed by atoms with E-state index in [4.69, 9.17) is 4.74 Å². The van der Waals surface area contributed by atoms with Crippen LogP contribution in [0.1, 0.15) is 53.2 Å². The molecule has 150 valence electrons.